The first-order valence-electron chi connectivity index (χ1n) is 4.30. The topological polar surface area (TPSA) is 20.2 Å². The van der Waals surface area contributed by atoms with Gasteiger partial charge in [0, 0.05) is 12.5 Å². The fourth-order valence-electron chi connectivity index (χ4n) is 1.89. The molecule has 2 unspecified atom stereocenters. The monoisotopic (exact) mass is 154 g/mol. The third-order valence-corrected chi connectivity index (χ3v) is 3.41. The number of aliphatic hydroxyl groups excluding tert-OH is 1. The number of hydrogen-bond acceptors (Lipinski definition) is 1. The molecule has 64 valence electrons. The van der Waals surface area contributed by atoms with E-state index in [4.69, 9.17) is 5.11 Å². The van der Waals surface area contributed by atoms with Crippen molar-refractivity contribution in [3.63, 3.8) is 0 Å². The van der Waals surface area contributed by atoms with Gasteiger partial charge in [-0.05, 0) is 17.8 Å². The molecule has 0 aromatic carbocycles. The van der Waals surface area contributed by atoms with E-state index in [1.807, 2.05) is 0 Å². The van der Waals surface area contributed by atoms with E-state index in [1.165, 1.54) is 5.57 Å². The zero-order chi connectivity index (χ0) is 8.65. The second-order valence-electron chi connectivity index (χ2n) is 4.26. The maximum atomic E-state index is 9.03. The van der Waals surface area contributed by atoms with Gasteiger partial charge in [0.2, 0.25) is 0 Å². The van der Waals surface area contributed by atoms with Crippen molar-refractivity contribution in [2.75, 3.05) is 6.61 Å². The summed E-state index contributed by atoms with van der Waals surface area (Å²) in [6, 6.07) is 0. The predicted molar refractivity (Wildman–Crippen MR) is 47.3 cm³/mol. The van der Waals surface area contributed by atoms with Crippen molar-refractivity contribution in [1.82, 2.24) is 0 Å². The van der Waals surface area contributed by atoms with Crippen molar-refractivity contribution in [3.8, 4) is 0 Å². The third-order valence-electron chi connectivity index (χ3n) is 3.41. The van der Waals surface area contributed by atoms with Gasteiger partial charge in [-0.2, -0.15) is 0 Å². The van der Waals surface area contributed by atoms with Crippen molar-refractivity contribution in [2.45, 2.75) is 27.2 Å². The number of rotatable bonds is 1. The molecule has 0 bridgehead atoms. The van der Waals surface area contributed by atoms with E-state index in [2.05, 4.69) is 27.4 Å². The van der Waals surface area contributed by atoms with Crippen LogP contribution in [-0.2, 0) is 0 Å². The largest absolute Gasteiger partial charge is 0.396 e. The van der Waals surface area contributed by atoms with E-state index in [0.29, 0.717) is 11.8 Å². The van der Waals surface area contributed by atoms with Crippen LogP contribution in [0.15, 0.2) is 12.2 Å². The Balaban J connectivity index is 2.80. The van der Waals surface area contributed by atoms with E-state index < -0.39 is 0 Å². The first kappa shape index (κ1) is 8.79. The van der Waals surface area contributed by atoms with Crippen LogP contribution in [0.5, 0.6) is 0 Å². The molecule has 1 aliphatic rings. The van der Waals surface area contributed by atoms with Gasteiger partial charge in [-0.1, -0.05) is 32.9 Å². The van der Waals surface area contributed by atoms with Gasteiger partial charge in [0.1, 0.15) is 0 Å². The molecule has 1 saturated carbocycles. The Morgan fingerprint density at radius 1 is 1.64 bits per heavy atom. The van der Waals surface area contributed by atoms with E-state index in [1.54, 1.807) is 0 Å². The van der Waals surface area contributed by atoms with Gasteiger partial charge in [0.05, 0.1) is 0 Å². The molecule has 0 spiro atoms. The minimum absolute atomic E-state index is 0.230. The second kappa shape index (κ2) is 2.63. The fourth-order valence-corrected chi connectivity index (χ4v) is 1.89. The van der Waals surface area contributed by atoms with Crippen LogP contribution in [0.2, 0.25) is 0 Å². The lowest BCUT2D eigenvalue weighted by Crippen LogP contribution is -2.16. The highest BCUT2D eigenvalue weighted by molar-refractivity contribution is 5.18. The van der Waals surface area contributed by atoms with Gasteiger partial charge in [-0.3, -0.25) is 0 Å². The number of aliphatic hydroxyl groups is 1. The Bertz CT molecular complexity index is 170. The zero-order valence-corrected chi connectivity index (χ0v) is 7.72. The Morgan fingerprint density at radius 2 is 2.18 bits per heavy atom. The van der Waals surface area contributed by atoms with Crippen LogP contribution in [-0.4, -0.2) is 11.7 Å². The Labute approximate surface area is 69.1 Å². The van der Waals surface area contributed by atoms with Gasteiger partial charge < -0.3 is 5.11 Å². The van der Waals surface area contributed by atoms with Crippen LogP contribution in [0, 0.1) is 17.3 Å². The molecule has 1 N–H and O–H groups in total. The highest BCUT2D eigenvalue weighted by atomic mass is 16.3. The second-order valence-corrected chi connectivity index (χ2v) is 4.26. The quantitative estimate of drug-likeness (QED) is 0.574. The molecule has 1 rings (SSSR count). The molecule has 0 heterocycles. The molecule has 1 nitrogen and oxygen atoms in total. The SMILES string of the molecule is C=C1C(CO)CC(C)C1(C)C. The molecule has 2 atom stereocenters. The standard InChI is InChI=1S/C10H18O/c1-7-5-9(6-11)8(2)10(7,3)4/h7,9,11H,2,5-6H2,1,3-4H3. The van der Waals surface area contributed by atoms with Gasteiger partial charge in [-0.25, -0.2) is 0 Å². The molecule has 11 heavy (non-hydrogen) atoms. The maximum Gasteiger partial charge on any atom is 0.0496 e. The first-order valence-corrected chi connectivity index (χ1v) is 4.30. The van der Waals surface area contributed by atoms with Crippen LogP contribution in [0.3, 0.4) is 0 Å². The van der Waals surface area contributed by atoms with Crippen LogP contribution < -0.4 is 0 Å². The van der Waals surface area contributed by atoms with Crippen molar-refractivity contribution in [2.24, 2.45) is 17.3 Å². The van der Waals surface area contributed by atoms with Crippen LogP contribution >= 0.6 is 0 Å². The average molecular weight is 154 g/mol. The van der Waals surface area contributed by atoms with Gasteiger partial charge in [0.25, 0.3) is 0 Å². The van der Waals surface area contributed by atoms with Crippen molar-refractivity contribution >= 4 is 0 Å². The predicted octanol–water partition coefficient (Wildman–Crippen LogP) is 2.22. The van der Waals surface area contributed by atoms with Gasteiger partial charge in [0.15, 0.2) is 0 Å². The van der Waals surface area contributed by atoms with Crippen LogP contribution in [0.1, 0.15) is 27.2 Å². The molecule has 0 aromatic rings. The lowest BCUT2D eigenvalue weighted by molar-refractivity contribution is 0.244. The first-order chi connectivity index (χ1) is 5.00. The molecule has 1 fully saturated rings. The maximum absolute atomic E-state index is 9.03. The van der Waals surface area contributed by atoms with Gasteiger partial charge >= 0.3 is 0 Å². The lowest BCUT2D eigenvalue weighted by atomic mass is 9.80. The normalized spacial score (nSPS) is 36.2. The zero-order valence-electron chi connectivity index (χ0n) is 7.72. The highest BCUT2D eigenvalue weighted by Crippen LogP contribution is 2.48. The fraction of sp³-hybridized carbons (Fsp3) is 0.800. The van der Waals surface area contributed by atoms with E-state index in [9.17, 15) is 0 Å². The van der Waals surface area contributed by atoms with E-state index >= 15 is 0 Å². The number of hydrogen-bond donors (Lipinski definition) is 1. The molecule has 0 saturated heterocycles. The lowest BCUT2D eigenvalue weighted by Gasteiger charge is -2.25. The van der Waals surface area contributed by atoms with Crippen molar-refractivity contribution in [1.29, 1.82) is 0 Å². The molecular formula is C10H18O. The van der Waals surface area contributed by atoms with Gasteiger partial charge in [-0.15, -0.1) is 0 Å². The summed E-state index contributed by atoms with van der Waals surface area (Å²) in [5.41, 5.74) is 1.46. The summed E-state index contributed by atoms with van der Waals surface area (Å²) < 4.78 is 0. The third kappa shape index (κ3) is 1.22. The molecule has 1 aliphatic carbocycles. The van der Waals surface area contributed by atoms with Crippen molar-refractivity contribution in [3.05, 3.63) is 12.2 Å². The Morgan fingerprint density at radius 3 is 2.36 bits per heavy atom. The minimum Gasteiger partial charge on any atom is -0.396 e. The summed E-state index contributed by atoms with van der Waals surface area (Å²) >= 11 is 0. The summed E-state index contributed by atoms with van der Waals surface area (Å²) in [4.78, 5) is 0. The molecule has 1 heteroatoms. The molecule has 0 amide bonds. The molecular weight excluding hydrogens is 136 g/mol. The summed E-state index contributed by atoms with van der Waals surface area (Å²) in [5.74, 6) is 1.01. The Kier molecular flexibility index (Phi) is 2.10. The van der Waals surface area contributed by atoms with Crippen LogP contribution in [0.4, 0.5) is 0 Å². The Hall–Kier alpha value is -0.300. The molecule has 0 aliphatic heterocycles. The summed E-state index contributed by atoms with van der Waals surface area (Å²) in [5, 5.41) is 9.03. The van der Waals surface area contributed by atoms with Crippen molar-refractivity contribution < 1.29 is 5.11 Å². The van der Waals surface area contributed by atoms with Crippen LogP contribution in [0.25, 0.3) is 0 Å². The molecule has 0 aromatic heterocycles. The van der Waals surface area contributed by atoms with E-state index in [-0.39, 0.29) is 12.0 Å². The summed E-state index contributed by atoms with van der Waals surface area (Å²) in [7, 11) is 0. The summed E-state index contributed by atoms with van der Waals surface area (Å²) in [6.45, 7) is 11.0. The summed E-state index contributed by atoms with van der Waals surface area (Å²) in [6.07, 6.45) is 1.10. The average Bonchev–Trinajstić information content (AvgIpc) is 2.14. The smallest absolute Gasteiger partial charge is 0.0496 e. The van der Waals surface area contributed by atoms with E-state index in [0.717, 1.165) is 6.42 Å². The minimum atomic E-state index is 0.230. The highest BCUT2D eigenvalue weighted by Gasteiger charge is 2.40. The molecule has 0 radical (unpaired) electrons.